The van der Waals surface area contributed by atoms with Gasteiger partial charge in [-0.1, -0.05) is 48.0 Å². The lowest BCUT2D eigenvalue weighted by atomic mass is 9.99. The van der Waals surface area contributed by atoms with Crippen LogP contribution in [-0.4, -0.2) is 71.5 Å². The summed E-state index contributed by atoms with van der Waals surface area (Å²) in [6, 6.07) is 20.2. The van der Waals surface area contributed by atoms with Gasteiger partial charge >= 0.3 is 0 Å². The number of hydrogen-bond acceptors (Lipinski definition) is 5. The molecule has 7 heteroatoms. The molecule has 1 atom stereocenters. The first kappa shape index (κ1) is 27.4. The van der Waals surface area contributed by atoms with Crippen molar-refractivity contribution in [1.29, 1.82) is 0 Å². The molecule has 0 spiro atoms. The zero-order valence-electron chi connectivity index (χ0n) is 22.4. The van der Waals surface area contributed by atoms with E-state index >= 15 is 0 Å². The summed E-state index contributed by atoms with van der Waals surface area (Å²) in [5, 5.41) is 0.650. The number of carbonyl (C=O) groups is 1. The van der Waals surface area contributed by atoms with E-state index in [9.17, 15) is 4.79 Å². The second-order valence-corrected chi connectivity index (χ2v) is 10.9. The summed E-state index contributed by atoms with van der Waals surface area (Å²) in [5.74, 6) is 1.25. The quantitative estimate of drug-likeness (QED) is 0.338. The van der Waals surface area contributed by atoms with E-state index in [0.29, 0.717) is 17.5 Å². The van der Waals surface area contributed by atoms with E-state index in [1.807, 2.05) is 47.6 Å². The molecule has 3 aromatic rings. The van der Waals surface area contributed by atoms with Crippen molar-refractivity contribution in [2.75, 3.05) is 45.9 Å². The highest BCUT2D eigenvalue weighted by molar-refractivity contribution is 6.32. The third-order valence-electron chi connectivity index (χ3n) is 7.55. The van der Waals surface area contributed by atoms with Crippen molar-refractivity contribution in [3.8, 4) is 5.75 Å². The van der Waals surface area contributed by atoms with E-state index in [2.05, 4.69) is 45.1 Å². The normalized spacial score (nSPS) is 18.9. The lowest BCUT2D eigenvalue weighted by molar-refractivity contribution is -0.127. The van der Waals surface area contributed by atoms with Gasteiger partial charge in [0.15, 0.2) is 0 Å². The molecule has 2 fully saturated rings. The Kier molecular flexibility index (Phi) is 9.65. The topological polar surface area (TPSA) is 48.9 Å². The molecule has 2 aliphatic rings. The van der Waals surface area contributed by atoms with Crippen LogP contribution in [0.1, 0.15) is 29.5 Å². The molecule has 3 heterocycles. The fourth-order valence-corrected chi connectivity index (χ4v) is 5.50. The smallest absolute Gasteiger partial charge is 0.246 e. The molecule has 5 rings (SSSR count). The molecule has 39 heavy (non-hydrogen) atoms. The summed E-state index contributed by atoms with van der Waals surface area (Å²) >= 11 is 6.21. The van der Waals surface area contributed by atoms with E-state index in [-0.39, 0.29) is 5.91 Å². The molecule has 6 nitrogen and oxygen atoms in total. The van der Waals surface area contributed by atoms with Crippen LogP contribution in [0.15, 0.2) is 79.1 Å². The van der Waals surface area contributed by atoms with E-state index in [1.165, 1.54) is 11.1 Å². The summed E-state index contributed by atoms with van der Waals surface area (Å²) in [6.07, 6.45) is 9.28. The van der Waals surface area contributed by atoms with Crippen LogP contribution >= 0.6 is 11.6 Å². The summed E-state index contributed by atoms with van der Waals surface area (Å²) in [7, 11) is 0. The third kappa shape index (κ3) is 8.15. The molecule has 0 saturated carbocycles. The van der Waals surface area contributed by atoms with Crippen LogP contribution in [-0.2, 0) is 17.9 Å². The van der Waals surface area contributed by atoms with Gasteiger partial charge in [-0.2, -0.15) is 0 Å². The molecule has 2 aromatic carbocycles. The maximum Gasteiger partial charge on any atom is 0.246 e. The van der Waals surface area contributed by atoms with E-state index in [0.717, 1.165) is 76.5 Å². The Morgan fingerprint density at radius 1 is 0.923 bits per heavy atom. The first-order valence-corrected chi connectivity index (χ1v) is 14.3. The molecule has 1 amide bonds. The van der Waals surface area contributed by atoms with Crippen molar-refractivity contribution in [2.45, 2.75) is 25.9 Å². The molecule has 0 bridgehead atoms. The highest BCUT2D eigenvalue weighted by atomic mass is 35.5. The van der Waals surface area contributed by atoms with Crippen LogP contribution in [0.25, 0.3) is 6.08 Å². The van der Waals surface area contributed by atoms with Crippen LogP contribution in [0.3, 0.4) is 0 Å². The van der Waals surface area contributed by atoms with E-state index < -0.39 is 0 Å². The number of amides is 1. The number of carbonyl (C=O) groups excluding carboxylic acids is 1. The number of likely N-dealkylation sites (tertiary alicyclic amines) is 1. The van der Waals surface area contributed by atoms with Gasteiger partial charge in [-0.3, -0.25) is 19.6 Å². The van der Waals surface area contributed by atoms with Gasteiger partial charge in [0.05, 0.1) is 6.61 Å². The monoisotopic (exact) mass is 544 g/mol. The van der Waals surface area contributed by atoms with Crippen molar-refractivity contribution in [3.63, 3.8) is 0 Å². The second-order valence-electron chi connectivity index (χ2n) is 10.5. The minimum absolute atomic E-state index is 0.0295. The summed E-state index contributed by atoms with van der Waals surface area (Å²) in [6.45, 7) is 8.36. The number of ether oxygens (including phenoxy) is 1. The average molecular weight is 545 g/mol. The zero-order chi connectivity index (χ0) is 26.9. The van der Waals surface area contributed by atoms with Gasteiger partial charge in [0.2, 0.25) is 5.91 Å². The Hall–Kier alpha value is -3.19. The number of hydrogen-bond donors (Lipinski definition) is 0. The second kappa shape index (κ2) is 13.7. The van der Waals surface area contributed by atoms with E-state index in [1.54, 1.807) is 12.2 Å². The van der Waals surface area contributed by atoms with Crippen molar-refractivity contribution >= 4 is 23.6 Å². The van der Waals surface area contributed by atoms with Gasteiger partial charge in [0.25, 0.3) is 0 Å². The first-order chi connectivity index (χ1) is 19.1. The van der Waals surface area contributed by atoms with Gasteiger partial charge in [-0.05, 0) is 59.9 Å². The predicted molar refractivity (Wildman–Crippen MR) is 157 cm³/mol. The number of piperidine rings is 1. The lowest BCUT2D eigenvalue weighted by Crippen LogP contribution is -2.45. The Balaban J connectivity index is 1.03. The molecule has 0 radical (unpaired) electrons. The average Bonchev–Trinajstić information content (AvgIpc) is 2.98. The van der Waals surface area contributed by atoms with Gasteiger partial charge < -0.3 is 9.64 Å². The third-order valence-corrected chi connectivity index (χ3v) is 7.89. The maximum absolute atomic E-state index is 12.7. The van der Waals surface area contributed by atoms with Crippen LogP contribution < -0.4 is 4.74 Å². The van der Waals surface area contributed by atoms with Gasteiger partial charge in [0.1, 0.15) is 5.75 Å². The standard InChI is InChI=1S/C32H37ClN4O2/c33-31-8-2-1-7-29(31)11-14-32(38)37-16-4-6-28(24-37)25-39-30-12-9-26(10-13-30)22-35-17-19-36(20-18-35)23-27-5-3-15-34-21-27/h1-3,5,7-15,21,28H,4,6,16-20,22-25H2/b14-11+/t28-/m0/s1. The van der Waals surface area contributed by atoms with Crippen LogP contribution in [0.5, 0.6) is 5.75 Å². The van der Waals surface area contributed by atoms with Gasteiger partial charge in [-0.15, -0.1) is 0 Å². The van der Waals surface area contributed by atoms with Crippen LogP contribution in [0.2, 0.25) is 5.02 Å². The molecule has 2 aliphatic heterocycles. The fourth-order valence-electron chi connectivity index (χ4n) is 5.30. The SMILES string of the molecule is O=C(/C=C/c1ccccc1Cl)N1CCC[C@H](COc2ccc(CN3CCN(Cc4cccnc4)CC3)cc2)C1. The molecule has 0 N–H and O–H groups in total. The molecule has 204 valence electrons. The van der Waals surface area contributed by atoms with Gasteiger partial charge in [0, 0.05) is 81.8 Å². The minimum Gasteiger partial charge on any atom is -0.493 e. The van der Waals surface area contributed by atoms with E-state index in [4.69, 9.17) is 16.3 Å². The van der Waals surface area contributed by atoms with Crippen molar-refractivity contribution < 1.29 is 9.53 Å². The number of rotatable bonds is 9. The van der Waals surface area contributed by atoms with Gasteiger partial charge in [-0.25, -0.2) is 0 Å². The Labute approximate surface area is 236 Å². The molecular weight excluding hydrogens is 508 g/mol. The lowest BCUT2D eigenvalue weighted by Gasteiger charge is -2.34. The highest BCUT2D eigenvalue weighted by Crippen LogP contribution is 2.21. The summed E-state index contributed by atoms with van der Waals surface area (Å²) in [4.78, 5) is 23.9. The van der Waals surface area contributed by atoms with Crippen molar-refractivity contribution in [2.24, 2.45) is 5.92 Å². The first-order valence-electron chi connectivity index (χ1n) is 13.9. The van der Waals surface area contributed by atoms with Crippen molar-refractivity contribution in [3.05, 3.63) is 101 Å². The van der Waals surface area contributed by atoms with Crippen LogP contribution in [0.4, 0.5) is 0 Å². The van der Waals surface area contributed by atoms with Crippen molar-refractivity contribution in [1.82, 2.24) is 19.7 Å². The predicted octanol–water partition coefficient (Wildman–Crippen LogP) is 5.38. The van der Waals surface area contributed by atoms with Crippen LogP contribution in [0, 0.1) is 5.92 Å². The summed E-state index contributed by atoms with van der Waals surface area (Å²) < 4.78 is 6.14. The number of halogens is 1. The Bertz CT molecular complexity index is 1230. The number of piperazine rings is 1. The summed E-state index contributed by atoms with van der Waals surface area (Å²) in [5.41, 5.74) is 3.44. The minimum atomic E-state index is 0.0295. The number of nitrogens with zero attached hydrogens (tertiary/aromatic N) is 4. The molecule has 1 aromatic heterocycles. The number of benzene rings is 2. The maximum atomic E-state index is 12.7. The molecule has 0 aliphatic carbocycles. The highest BCUT2D eigenvalue weighted by Gasteiger charge is 2.23. The fraction of sp³-hybridized carbons (Fsp3) is 0.375. The molecule has 2 saturated heterocycles. The number of aromatic nitrogens is 1. The number of pyridine rings is 1. The largest absolute Gasteiger partial charge is 0.493 e. The Morgan fingerprint density at radius 2 is 1.67 bits per heavy atom. The molecular formula is C32H37ClN4O2. The zero-order valence-corrected chi connectivity index (χ0v) is 23.2. The Morgan fingerprint density at radius 3 is 2.38 bits per heavy atom. The molecule has 0 unspecified atom stereocenters.